The van der Waals surface area contributed by atoms with Crippen molar-refractivity contribution in [1.29, 1.82) is 0 Å². The molecule has 156 valence electrons. The Balaban J connectivity index is 1.68. The summed E-state index contributed by atoms with van der Waals surface area (Å²) in [5, 5.41) is 4.74. The van der Waals surface area contributed by atoms with Crippen molar-refractivity contribution in [1.82, 2.24) is 9.29 Å². The highest BCUT2D eigenvalue weighted by molar-refractivity contribution is 7.89. The van der Waals surface area contributed by atoms with Gasteiger partial charge in [-0.05, 0) is 38.0 Å². The van der Waals surface area contributed by atoms with E-state index in [1.54, 1.807) is 12.3 Å². The SMILES string of the molecule is Cc1csc(NC(=O)COC(=O)c2ccc(Cl)c(S(=O)(=O)N3CCCCC3)c2)n1. The van der Waals surface area contributed by atoms with Crippen LogP contribution in [0.15, 0.2) is 28.5 Å². The summed E-state index contributed by atoms with van der Waals surface area (Å²) in [6.45, 7) is 2.12. The van der Waals surface area contributed by atoms with Crippen LogP contribution in [-0.2, 0) is 19.6 Å². The number of nitrogens with zero attached hydrogens (tertiary/aromatic N) is 2. The minimum Gasteiger partial charge on any atom is -0.452 e. The second kappa shape index (κ2) is 9.21. The van der Waals surface area contributed by atoms with E-state index >= 15 is 0 Å². The highest BCUT2D eigenvalue weighted by atomic mass is 35.5. The van der Waals surface area contributed by atoms with E-state index in [-0.39, 0.29) is 15.5 Å². The molecule has 1 aromatic heterocycles. The maximum Gasteiger partial charge on any atom is 0.338 e. The first-order valence-electron chi connectivity index (χ1n) is 8.96. The van der Waals surface area contributed by atoms with Crippen LogP contribution in [0.25, 0.3) is 0 Å². The number of rotatable bonds is 6. The lowest BCUT2D eigenvalue weighted by atomic mass is 10.2. The molecule has 0 atom stereocenters. The van der Waals surface area contributed by atoms with Crippen LogP contribution in [0.1, 0.15) is 35.3 Å². The molecule has 1 N–H and O–H groups in total. The van der Waals surface area contributed by atoms with E-state index in [2.05, 4.69) is 10.3 Å². The fourth-order valence-corrected chi connectivity index (χ4v) is 5.58. The van der Waals surface area contributed by atoms with E-state index in [1.165, 1.54) is 33.8 Å². The van der Waals surface area contributed by atoms with Gasteiger partial charge in [-0.3, -0.25) is 10.1 Å². The van der Waals surface area contributed by atoms with E-state index < -0.39 is 28.5 Å². The van der Waals surface area contributed by atoms with Gasteiger partial charge in [0.05, 0.1) is 16.3 Å². The second-order valence-electron chi connectivity index (χ2n) is 6.53. The van der Waals surface area contributed by atoms with Crippen LogP contribution < -0.4 is 5.32 Å². The van der Waals surface area contributed by atoms with E-state index in [9.17, 15) is 18.0 Å². The third-order valence-corrected chi connectivity index (χ3v) is 7.56. The minimum atomic E-state index is -3.81. The van der Waals surface area contributed by atoms with E-state index in [0.29, 0.717) is 18.2 Å². The molecule has 11 heteroatoms. The van der Waals surface area contributed by atoms with Crippen LogP contribution in [-0.4, -0.2) is 49.3 Å². The predicted octanol–water partition coefficient (Wildman–Crippen LogP) is 3.08. The van der Waals surface area contributed by atoms with Crippen molar-refractivity contribution in [3.63, 3.8) is 0 Å². The van der Waals surface area contributed by atoms with Crippen LogP contribution in [0.2, 0.25) is 5.02 Å². The molecule has 0 unspecified atom stereocenters. The molecule has 0 radical (unpaired) electrons. The lowest BCUT2D eigenvalue weighted by Gasteiger charge is -2.26. The quantitative estimate of drug-likeness (QED) is 0.668. The first-order chi connectivity index (χ1) is 13.8. The summed E-state index contributed by atoms with van der Waals surface area (Å²) in [5.41, 5.74) is 0.772. The highest BCUT2D eigenvalue weighted by Crippen LogP contribution is 2.28. The Bertz CT molecular complexity index is 1020. The number of ether oxygens (including phenoxy) is 1. The molecule has 0 saturated carbocycles. The summed E-state index contributed by atoms with van der Waals surface area (Å²) in [7, 11) is -3.81. The second-order valence-corrected chi connectivity index (χ2v) is 9.70. The average Bonchev–Trinajstić information content (AvgIpc) is 3.11. The maximum atomic E-state index is 12.9. The summed E-state index contributed by atoms with van der Waals surface area (Å²) in [4.78, 5) is 28.2. The van der Waals surface area contributed by atoms with Gasteiger partial charge in [-0.2, -0.15) is 4.31 Å². The van der Waals surface area contributed by atoms with Crippen LogP contribution in [0, 0.1) is 6.92 Å². The number of carbonyl (C=O) groups excluding carboxylic acids is 2. The number of benzene rings is 1. The summed E-state index contributed by atoms with van der Waals surface area (Å²) in [6, 6.07) is 3.89. The number of carbonyl (C=O) groups is 2. The normalized spacial score (nSPS) is 15.1. The predicted molar refractivity (Wildman–Crippen MR) is 110 cm³/mol. The van der Waals surface area contributed by atoms with Crippen molar-refractivity contribution >= 4 is 50.0 Å². The number of nitrogens with one attached hydrogen (secondary N) is 1. The van der Waals surface area contributed by atoms with Gasteiger partial charge >= 0.3 is 5.97 Å². The lowest BCUT2D eigenvalue weighted by Crippen LogP contribution is -2.35. The zero-order valence-electron chi connectivity index (χ0n) is 15.7. The Morgan fingerprint density at radius 1 is 1.28 bits per heavy atom. The number of aryl methyl sites for hydroxylation is 1. The topological polar surface area (TPSA) is 106 Å². The van der Waals surface area contributed by atoms with Crippen molar-refractivity contribution in [2.75, 3.05) is 25.0 Å². The molecule has 29 heavy (non-hydrogen) atoms. The third kappa shape index (κ3) is 5.33. The number of hydrogen-bond donors (Lipinski definition) is 1. The number of anilines is 1. The standard InChI is InChI=1S/C18H20ClN3O5S2/c1-12-11-28-18(20-12)21-16(23)10-27-17(24)13-5-6-14(19)15(9-13)29(25,26)22-7-3-2-4-8-22/h5-6,9,11H,2-4,7-8,10H2,1H3,(H,20,21,23). The fraction of sp³-hybridized carbons (Fsp3) is 0.389. The molecule has 1 aliphatic heterocycles. The number of thiazole rings is 1. The number of aromatic nitrogens is 1. The Kier molecular flexibility index (Phi) is 6.89. The van der Waals surface area contributed by atoms with Gasteiger partial charge in [0.25, 0.3) is 5.91 Å². The van der Waals surface area contributed by atoms with Gasteiger partial charge in [0, 0.05) is 18.5 Å². The van der Waals surface area contributed by atoms with Gasteiger partial charge in [0.1, 0.15) is 4.90 Å². The van der Waals surface area contributed by atoms with Gasteiger partial charge in [0.2, 0.25) is 10.0 Å². The van der Waals surface area contributed by atoms with Crippen LogP contribution in [0.5, 0.6) is 0 Å². The number of sulfonamides is 1. The number of amides is 1. The number of piperidine rings is 1. The minimum absolute atomic E-state index is 0.00266. The summed E-state index contributed by atoms with van der Waals surface area (Å²) in [6.07, 6.45) is 2.55. The molecule has 0 bridgehead atoms. The van der Waals surface area contributed by atoms with Crippen molar-refractivity contribution < 1.29 is 22.7 Å². The molecule has 1 fully saturated rings. The van der Waals surface area contributed by atoms with Crippen LogP contribution in [0.3, 0.4) is 0 Å². The largest absolute Gasteiger partial charge is 0.452 e. The summed E-state index contributed by atoms with van der Waals surface area (Å²) >= 11 is 7.36. The van der Waals surface area contributed by atoms with Crippen molar-refractivity contribution in [3.05, 3.63) is 39.9 Å². The summed E-state index contributed by atoms with van der Waals surface area (Å²) < 4.78 is 32.1. The highest BCUT2D eigenvalue weighted by Gasteiger charge is 2.29. The van der Waals surface area contributed by atoms with E-state index in [4.69, 9.17) is 16.3 Å². The van der Waals surface area contributed by atoms with E-state index in [1.807, 2.05) is 0 Å². The van der Waals surface area contributed by atoms with Gasteiger partial charge in [-0.25, -0.2) is 18.2 Å². The molecule has 2 heterocycles. The fourth-order valence-electron chi connectivity index (χ4n) is 2.85. The molecule has 0 spiro atoms. The number of hydrogen-bond acceptors (Lipinski definition) is 7. The Labute approximate surface area is 177 Å². The molecule has 1 saturated heterocycles. The Morgan fingerprint density at radius 2 is 2.00 bits per heavy atom. The molecule has 8 nitrogen and oxygen atoms in total. The van der Waals surface area contributed by atoms with Crippen molar-refractivity contribution in [3.8, 4) is 0 Å². The molecule has 2 aromatic rings. The first-order valence-corrected chi connectivity index (χ1v) is 11.7. The molecule has 1 amide bonds. The van der Waals surface area contributed by atoms with Gasteiger partial charge in [0.15, 0.2) is 11.7 Å². The lowest BCUT2D eigenvalue weighted by molar-refractivity contribution is -0.119. The van der Waals surface area contributed by atoms with Crippen LogP contribution >= 0.6 is 22.9 Å². The molecule has 1 aliphatic rings. The number of halogens is 1. The first kappa shape index (κ1) is 21.7. The molecule has 0 aliphatic carbocycles. The molecule has 3 rings (SSSR count). The Morgan fingerprint density at radius 3 is 2.66 bits per heavy atom. The smallest absolute Gasteiger partial charge is 0.338 e. The van der Waals surface area contributed by atoms with Gasteiger partial charge < -0.3 is 4.74 Å². The average molecular weight is 458 g/mol. The Hall–Kier alpha value is -2.01. The zero-order valence-corrected chi connectivity index (χ0v) is 18.1. The zero-order chi connectivity index (χ0) is 21.0. The molecular weight excluding hydrogens is 438 g/mol. The third-order valence-electron chi connectivity index (χ3n) is 4.30. The van der Waals surface area contributed by atoms with Crippen molar-refractivity contribution in [2.45, 2.75) is 31.1 Å². The van der Waals surface area contributed by atoms with Gasteiger partial charge in [-0.1, -0.05) is 18.0 Å². The van der Waals surface area contributed by atoms with Gasteiger partial charge in [-0.15, -0.1) is 11.3 Å². The monoisotopic (exact) mass is 457 g/mol. The molecular formula is C18H20ClN3O5S2. The summed E-state index contributed by atoms with van der Waals surface area (Å²) in [5.74, 6) is -1.36. The maximum absolute atomic E-state index is 12.9. The van der Waals surface area contributed by atoms with Crippen LogP contribution in [0.4, 0.5) is 5.13 Å². The van der Waals surface area contributed by atoms with E-state index in [0.717, 1.165) is 25.0 Å². The molecule has 1 aromatic carbocycles. The van der Waals surface area contributed by atoms with Crippen molar-refractivity contribution in [2.24, 2.45) is 0 Å². The number of esters is 1.